The van der Waals surface area contributed by atoms with E-state index >= 15 is 0 Å². The highest BCUT2D eigenvalue weighted by Gasteiger charge is 2.32. The molecule has 3 rings (SSSR count). The van der Waals surface area contributed by atoms with Crippen molar-refractivity contribution in [3.63, 3.8) is 0 Å². The van der Waals surface area contributed by atoms with E-state index in [0.717, 1.165) is 0 Å². The lowest BCUT2D eigenvalue weighted by molar-refractivity contribution is -0.137. The van der Waals surface area contributed by atoms with E-state index < -0.39 is 67.7 Å². The first kappa shape index (κ1) is 25.7. The Balaban J connectivity index is 1.86. The predicted molar refractivity (Wildman–Crippen MR) is 111 cm³/mol. The molecular weight excluding hydrogens is 502 g/mol. The van der Waals surface area contributed by atoms with Crippen molar-refractivity contribution in [2.75, 3.05) is 0 Å². The zero-order valence-electron chi connectivity index (χ0n) is 17.3. The molecule has 3 aromatic rings. The lowest BCUT2D eigenvalue weighted by atomic mass is 10.1. The van der Waals surface area contributed by atoms with Crippen LogP contribution in [0.2, 0.25) is 0 Å². The van der Waals surface area contributed by atoms with Crippen molar-refractivity contribution in [2.45, 2.75) is 17.5 Å². The van der Waals surface area contributed by atoms with Crippen molar-refractivity contribution in [3.05, 3.63) is 94.8 Å². The summed E-state index contributed by atoms with van der Waals surface area (Å²) in [4.78, 5) is 11.3. The van der Waals surface area contributed by atoms with Gasteiger partial charge in [-0.2, -0.15) is 26.7 Å². The summed E-state index contributed by atoms with van der Waals surface area (Å²) >= 11 is 0. The van der Waals surface area contributed by atoms with Crippen molar-refractivity contribution in [1.29, 1.82) is 0 Å². The largest absolute Gasteiger partial charge is 0.416 e. The van der Waals surface area contributed by atoms with Gasteiger partial charge in [0.1, 0.15) is 16.5 Å². The van der Waals surface area contributed by atoms with E-state index in [9.17, 15) is 39.6 Å². The van der Waals surface area contributed by atoms with E-state index in [0.29, 0.717) is 30.5 Å². The minimum Gasteiger partial charge on any atom is -0.379 e. The molecule has 0 atom stereocenters. The molecule has 0 radical (unpaired) electrons. The fourth-order valence-corrected chi connectivity index (χ4v) is 3.88. The summed E-state index contributed by atoms with van der Waals surface area (Å²) < 4.78 is 110. The first-order valence-electron chi connectivity index (χ1n) is 9.53. The molecule has 0 aliphatic carbocycles. The van der Waals surface area contributed by atoms with Crippen LogP contribution in [0.4, 0.5) is 26.3 Å². The fraction of sp³-hybridized carbons (Fsp3) is 0.0909. The second-order valence-corrected chi connectivity index (χ2v) is 8.44. The summed E-state index contributed by atoms with van der Waals surface area (Å²) in [5, 5.41) is 3.41. The van der Waals surface area contributed by atoms with Gasteiger partial charge in [0.05, 0.1) is 18.2 Å². The summed E-state index contributed by atoms with van der Waals surface area (Å²) in [6.07, 6.45) is -4.99. The smallest absolute Gasteiger partial charge is 0.379 e. The van der Waals surface area contributed by atoms with Crippen LogP contribution in [0.1, 0.15) is 16.7 Å². The van der Waals surface area contributed by atoms with Gasteiger partial charge in [-0.3, -0.25) is 4.79 Å². The molecule has 0 saturated heterocycles. The summed E-state index contributed by atoms with van der Waals surface area (Å²) in [5.41, 5.74) is -0.421. The number of nitrogens with zero attached hydrogens (tertiary/aromatic N) is 1. The Morgan fingerprint density at radius 3 is 2.26 bits per heavy atom. The number of halogens is 6. The minimum atomic E-state index is -4.82. The highest BCUT2D eigenvalue weighted by molar-refractivity contribution is 7.87. The number of hydrogen-bond donors (Lipinski definition) is 1. The third kappa shape index (κ3) is 6.59. The first-order valence-corrected chi connectivity index (χ1v) is 10.9. The maximum Gasteiger partial charge on any atom is 0.416 e. The third-order valence-electron chi connectivity index (χ3n) is 4.39. The maximum absolute atomic E-state index is 13.7. The molecule has 0 aromatic heterocycles. The van der Waals surface area contributed by atoms with Gasteiger partial charge in [0.15, 0.2) is 11.6 Å². The van der Waals surface area contributed by atoms with E-state index in [2.05, 4.69) is 5.10 Å². The van der Waals surface area contributed by atoms with E-state index in [4.69, 9.17) is 4.18 Å². The second kappa shape index (κ2) is 10.2. The molecule has 0 spiro atoms. The van der Waals surface area contributed by atoms with Crippen molar-refractivity contribution in [1.82, 2.24) is 5.43 Å². The molecule has 0 unspecified atom stereocenters. The van der Waals surface area contributed by atoms with Crippen molar-refractivity contribution >= 4 is 22.2 Å². The molecular formula is C22H14F6N2O4S. The monoisotopic (exact) mass is 516 g/mol. The molecule has 1 N–H and O–H groups in total. The number of para-hydroxylation sites is 1. The summed E-state index contributed by atoms with van der Waals surface area (Å²) in [6, 6.07) is 9.55. The zero-order chi connectivity index (χ0) is 25.8. The molecule has 0 saturated carbocycles. The lowest BCUT2D eigenvalue weighted by Gasteiger charge is -2.12. The predicted octanol–water partition coefficient (Wildman–Crippen LogP) is 4.58. The van der Waals surface area contributed by atoms with Gasteiger partial charge in [0.2, 0.25) is 5.91 Å². The maximum atomic E-state index is 13.7. The van der Waals surface area contributed by atoms with Crippen LogP contribution in [0.25, 0.3) is 0 Å². The number of nitrogens with one attached hydrogen (secondary N) is 1. The highest BCUT2D eigenvalue weighted by Crippen LogP contribution is 2.32. The van der Waals surface area contributed by atoms with Crippen LogP contribution in [-0.4, -0.2) is 20.5 Å². The molecule has 13 heteroatoms. The quantitative estimate of drug-likeness (QED) is 0.164. The molecule has 6 nitrogen and oxygen atoms in total. The summed E-state index contributed by atoms with van der Waals surface area (Å²) in [6.45, 7) is 0. The normalized spacial score (nSPS) is 12.1. The summed E-state index contributed by atoms with van der Waals surface area (Å²) in [7, 11) is -4.62. The Hall–Kier alpha value is -3.87. The number of carbonyl (C=O) groups is 1. The Kier molecular flexibility index (Phi) is 7.48. The molecule has 0 heterocycles. The van der Waals surface area contributed by atoms with Gasteiger partial charge in [-0.25, -0.2) is 18.6 Å². The van der Waals surface area contributed by atoms with Gasteiger partial charge < -0.3 is 4.18 Å². The van der Waals surface area contributed by atoms with Crippen LogP contribution in [0.3, 0.4) is 0 Å². The number of carbonyl (C=O) groups excluding carboxylic acids is 1. The Morgan fingerprint density at radius 2 is 1.60 bits per heavy atom. The minimum absolute atomic E-state index is 0.0999. The van der Waals surface area contributed by atoms with Crippen molar-refractivity contribution in [3.8, 4) is 5.75 Å². The standard InChI is InChI=1S/C22H14F6N2O4S/c23-17-11-19(25)18(24)9-13(17)10-21(31)30-29-12-14-8-15(22(26,27)28)6-7-20(14)35(32,33)34-16-4-2-1-3-5-16/h1-9,11-12H,10H2,(H,30,31). The highest BCUT2D eigenvalue weighted by atomic mass is 32.2. The number of rotatable bonds is 7. The van der Waals surface area contributed by atoms with Gasteiger partial charge >= 0.3 is 16.3 Å². The second-order valence-electron chi connectivity index (χ2n) is 6.93. The molecule has 3 aromatic carbocycles. The number of alkyl halides is 3. The fourth-order valence-electron chi connectivity index (χ4n) is 2.79. The number of hydrogen-bond acceptors (Lipinski definition) is 5. The van der Waals surface area contributed by atoms with Crippen LogP contribution in [0.5, 0.6) is 5.75 Å². The van der Waals surface area contributed by atoms with E-state index in [-0.39, 0.29) is 11.8 Å². The van der Waals surface area contributed by atoms with Crippen LogP contribution in [0, 0.1) is 17.5 Å². The van der Waals surface area contributed by atoms with Gasteiger partial charge in [-0.05, 0) is 36.4 Å². The molecule has 0 bridgehead atoms. The van der Waals surface area contributed by atoms with Crippen LogP contribution in [-0.2, 0) is 27.5 Å². The van der Waals surface area contributed by atoms with Crippen molar-refractivity contribution < 1.29 is 43.7 Å². The van der Waals surface area contributed by atoms with E-state index in [1.54, 1.807) is 6.07 Å². The molecule has 0 fully saturated rings. The van der Waals surface area contributed by atoms with Crippen LogP contribution in [0.15, 0.2) is 70.7 Å². The molecule has 184 valence electrons. The van der Waals surface area contributed by atoms with Gasteiger partial charge in [0, 0.05) is 17.2 Å². The SMILES string of the molecule is O=C(Cc1cc(F)c(F)cc1F)NN=Cc1cc(C(F)(F)F)ccc1S(=O)(=O)Oc1ccccc1. The lowest BCUT2D eigenvalue weighted by Crippen LogP contribution is -2.21. The first-order chi connectivity index (χ1) is 16.4. The number of benzene rings is 3. The van der Waals surface area contributed by atoms with Gasteiger partial charge in [-0.1, -0.05) is 18.2 Å². The van der Waals surface area contributed by atoms with Crippen LogP contribution < -0.4 is 9.61 Å². The number of amides is 1. The molecule has 0 aliphatic heterocycles. The summed E-state index contributed by atoms with van der Waals surface area (Å²) in [5.74, 6) is -5.19. The zero-order valence-corrected chi connectivity index (χ0v) is 18.1. The third-order valence-corrected chi connectivity index (χ3v) is 5.71. The van der Waals surface area contributed by atoms with Crippen LogP contribution >= 0.6 is 0 Å². The van der Waals surface area contributed by atoms with Gasteiger partial charge in [0.25, 0.3) is 0 Å². The Bertz CT molecular complexity index is 1380. The Morgan fingerprint density at radius 1 is 0.943 bits per heavy atom. The molecule has 1 amide bonds. The van der Waals surface area contributed by atoms with Gasteiger partial charge in [-0.15, -0.1) is 0 Å². The van der Waals surface area contributed by atoms with E-state index in [1.807, 2.05) is 5.43 Å². The topological polar surface area (TPSA) is 84.8 Å². The molecule has 35 heavy (non-hydrogen) atoms. The molecule has 0 aliphatic rings. The average molecular weight is 516 g/mol. The van der Waals surface area contributed by atoms with Crippen molar-refractivity contribution in [2.24, 2.45) is 5.10 Å². The number of hydrazone groups is 1. The average Bonchev–Trinajstić information content (AvgIpc) is 2.77. The van der Waals surface area contributed by atoms with E-state index in [1.165, 1.54) is 24.3 Å². The Labute approximate surface area is 195 Å².